The van der Waals surface area contributed by atoms with Crippen molar-refractivity contribution in [3.63, 3.8) is 0 Å². The molecule has 1 unspecified atom stereocenters. The fourth-order valence-electron chi connectivity index (χ4n) is 3.98. The predicted molar refractivity (Wildman–Crippen MR) is 119 cm³/mol. The van der Waals surface area contributed by atoms with Gasteiger partial charge in [-0.2, -0.15) is 0 Å². The van der Waals surface area contributed by atoms with E-state index in [1.54, 1.807) is 21.3 Å². The molecule has 1 aromatic carbocycles. The molecular formula is C22H38N4O3. The Hall–Kier alpha value is -2.15. The second-order valence-electron chi connectivity index (χ2n) is 7.32. The van der Waals surface area contributed by atoms with Crippen LogP contribution in [-0.2, 0) is 6.42 Å². The highest BCUT2D eigenvalue weighted by Crippen LogP contribution is 2.34. The van der Waals surface area contributed by atoms with Crippen LogP contribution in [0.1, 0.15) is 25.8 Å². The topological polar surface area (TPSA) is 58.6 Å². The lowest BCUT2D eigenvalue weighted by molar-refractivity contribution is 0.255. The highest BCUT2D eigenvalue weighted by atomic mass is 16.5. The number of nitrogens with one attached hydrogen (secondary N) is 1. The molecule has 0 saturated carbocycles. The largest absolute Gasteiger partial charge is 0.496 e. The number of methoxy groups -OCH3 is 3. The number of likely N-dealkylation sites (tertiary alicyclic amines) is 1. The number of ether oxygens (including phenoxy) is 3. The Morgan fingerprint density at radius 2 is 1.79 bits per heavy atom. The first-order valence-electron chi connectivity index (χ1n) is 10.6. The van der Waals surface area contributed by atoms with Crippen LogP contribution in [0.5, 0.6) is 17.2 Å². The molecule has 1 saturated heterocycles. The fraction of sp³-hybridized carbons (Fsp3) is 0.682. The van der Waals surface area contributed by atoms with E-state index in [2.05, 4.69) is 34.0 Å². The lowest BCUT2D eigenvalue weighted by atomic mass is 10.1. The van der Waals surface area contributed by atoms with Gasteiger partial charge in [0.25, 0.3) is 0 Å². The lowest BCUT2D eigenvalue weighted by Gasteiger charge is -2.24. The summed E-state index contributed by atoms with van der Waals surface area (Å²) in [5.74, 6) is 3.95. The number of nitrogens with zero attached hydrogens (tertiary/aromatic N) is 3. The summed E-state index contributed by atoms with van der Waals surface area (Å²) < 4.78 is 16.4. The van der Waals surface area contributed by atoms with Crippen LogP contribution in [0.3, 0.4) is 0 Å². The van der Waals surface area contributed by atoms with Crippen LogP contribution in [0.25, 0.3) is 0 Å². The third-order valence-electron chi connectivity index (χ3n) is 5.68. The minimum absolute atomic E-state index is 0.704. The molecule has 164 valence electrons. The molecule has 1 aliphatic rings. The monoisotopic (exact) mass is 406 g/mol. The van der Waals surface area contributed by atoms with E-state index < -0.39 is 0 Å². The number of benzene rings is 1. The maximum absolute atomic E-state index is 5.55. The van der Waals surface area contributed by atoms with E-state index in [-0.39, 0.29) is 0 Å². The Bertz CT molecular complexity index is 636. The number of aliphatic imine (C=N–C) groups is 1. The van der Waals surface area contributed by atoms with Crippen molar-refractivity contribution >= 4 is 5.96 Å². The Labute approximate surface area is 176 Å². The molecule has 0 amide bonds. The number of rotatable bonds is 10. The van der Waals surface area contributed by atoms with Crippen molar-refractivity contribution in [1.82, 2.24) is 15.1 Å². The van der Waals surface area contributed by atoms with Crippen LogP contribution < -0.4 is 19.5 Å². The van der Waals surface area contributed by atoms with Crippen molar-refractivity contribution in [3.8, 4) is 17.2 Å². The molecule has 1 N–H and O–H groups in total. The van der Waals surface area contributed by atoms with Gasteiger partial charge < -0.3 is 29.3 Å². The molecule has 1 atom stereocenters. The van der Waals surface area contributed by atoms with Crippen LogP contribution in [0.2, 0.25) is 0 Å². The number of guanidine groups is 1. The summed E-state index contributed by atoms with van der Waals surface area (Å²) in [4.78, 5) is 9.38. The van der Waals surface area contributed by atoms with Crippen LogP contribution in [0, 0.1) is 5.92 Å². The Morgan fingerprint density at radius 3 is 2.31 bits per heavy atom. The minimum atomic E-state index is 0.704. The smallest absolute Gasteiger partial charge is 0.193 e. The van der Waals surface area contributed by atoms with Gasteiger partial charge in [0, 0.05) is 50.9 Å². The van der Waals surface area contributed by atoms with E-state index in [0.717, 1.165) is 67.9 Å². The maximum Gasteiger partial charge on any atom is 0.193 e. The molecule has 0 spiro atoms. The van der Waals surface area contributed by atoms with Gasteiger partial charge in [0.05, 0.1) is 21.3 Å². The summed E-state index contributed by atoms with van der Waals surface area (Å²) in [5.41, 5.74) is 1.03. The van der Waals surface area contributed by atoms with Crippen molar-refractivity contribution in [2.24, 2.45) is 10.9 Å². The first-order chi connectivity index (χ1) is 14.1. The van der Waals surface area contributed by atoms with Crippen LogP contribution in [0.4, 0.5) is 0 Å². The molecule has 1 heterocycles. The highest BCUT2D eigenvalue weighted by molar-refractivity contribution is 5.80. The van der Waals surface area contributed by atoms with E-state index in [9.17, 15) is 0 Å². The summed E-state index contributed by atoms with van der Waals surface area (Å²) in [6.07, 6.45) is 1.99. The van der Waals surface area contributed by atoms with Crippen LogP contribution >= 0.6 is 0 Å². The highest BCUT2D eigenvalue weighted by Gasteiger charge is 2.26. The predicted octanol–water partition coefficient (Wildman–Crippen LogP) is 2.49. The van der Waals surface area contributed by atoms with Crippen molar-refractivity contribution in [2.45, 2.75) is 26.7 Å². The summed E-state index contributed by atoms with van der Waals surface area (Å²) in [6.45, 7) is 10.7. The van der Waals surface area contributed by atoms with Gasteiger partial charge >= 0.3 is 0 Å². The average molecular weight is 407 g/mol. The Balaban J connectivity index is 1.94. The van der Waals surface area contributed by atoms with Gasteiger partial charge in [0.1, 0.15) is 17.2 Å². The van der Waals surface area contributed by atoms with E-state index in [1.165, 1.54) is 13.0 Å². The summed E-state index contributed by atoms with van der Waals surface area (Å²) in [5, 5.41) is 3.51. The van der Waals surface area contributed by atoms with Gasteiger partial charge in [-0.25, -0.2) is 0 Å². The third-order valence-corrected chi connectivity index (χ3v) is 5.68. The Kier molecular flexibility index (Phi) is 9.38. The summed E-state index contributed by atoms with van der Waals surface area (Å²) in [6, 6.07) is 3.79. The van der Waals surface area contributed by atoms with Crippen molar-refractivity contribution < 1.29 is 14.2 Å². The molecule has 1 fully saturated rings. The molecule has 0 aliphatic carbocycles. The van der Waals surface area contributed by atoms with Gasteiger partial charge in [-0.3, -0.25) is 4.99 Å². The molecule has 29 heavy (non-hydrogen) atoms. The molecule has 1 aliphatic heterocycles. The zero-order valence-corrected chi connectivity index (χ0v) is 19.0. The van der Waals surface area contributed by atoms with Crippen LogP contribution in [-0.4, -0.2) is 83.4 Å². The molecular weight excluding hydrogens is 368 g/mol. The quantitative estimate of drug-likeness (QED) is 0.476. The maximum atomic E-state index is 5.55. The van der Waals surface area contributed by atoms with E-state index >= 15 is 0 Å². The average Bonchev–Trinajstić information content (AvgIpc) is 3.22. The third kappa shape index (κ3) is 6.16. The lowest BCUT2D eigenvalue weighted by Crippen LogP contribution is -2.41. The van der Waals surface area contributed by atoms with E-state index in [1.807, 2.05) is 19.2 Å². The van der Waals surface area contributed by atoms with Crippen molar-refractivity contribution in [1.29, 1.82) is 0 Å². The number of hydrogen-bond acceptors (Lipinski definition) is 5. The second kappa shape index (κ2) is 11.8. The second-order valence-corrected chi connectivity index (χ2v) is 7.32. The fourth-order valence-corrected chi connectivity index (χ4v) is 3.98. The van der Waals surface area contributed by atoms with Gasteiger partial charge in [0.2, 0.25) is 0 Å². The first-order valence-corrected chi connectivity index (χ1v) is 10.6. The van der Waals surface area contributed by atoms with Crippen LogP contribution in [0.15, 0.2) is 17.1 Å². The molecule has 1 aromatic rings. The molecule has 2 rings (SSSR count). The molecule has 7 nitrogen and oxygen atoms in total. The molecule has 7 heteroatoms. The zero-order chi connectivity index (χ0) is 21.2. The van der Waals surface area contributed by atoms with Crippen molar-refractivity contribution in [2.75, 3.05) is 67.6 Å². The minimum Gasteiger partial charge on any atom is -0.496 e. The van der Waals surface area contributed by atoms with Gasteiger partial charge in [-0.1, -0.05) is 13.8 Å². The molecule has 0 radical (unpaired) electrons. The SMILES string of the molecule is CCN(CC)CC1CCN(C(=NC)NCCc2c(OC)cc(OC)cc2OC)C1. The standard InChI is InChI=1S/C22H38N4O3/c1-7-25(8-2)15-17-10-12-26(16-17)22(23-3)24-11-9-19-20(28-5)13-18(27-4)14-21(19)29-6/h13-14,17H,7-12,15-16H2,1-6H3,(H,23,24). The van der Waals surface area contributed by atoms with Crippen molar-refractivity contribution in [3.05, 3.63) is 17.7 Å². The first kappa shape index (κ1) is 23.1. The summed E-state index contributed by atoms with van der Waals surface area (Å²) in [7, 11) is 6.84. The normalized spacial score (nSPS) is 17.0. The van der Waals surface area contributed by atoms with Gasteiger partial charge in [-0.05, 0) is 31.8 Å². The summed E-state index contributed by atoms with van der Waals surface area (Å²) >= 11 is 0. The van der Waals surface area contributed by atoms with E-state index in [0.29, 0.717) is 5.92 Å². The molecule has 0 bridgehead atoms. The Morgan fingerprint density at radius 1 is 1.14 bits per heavy atom. The number of hydrogen-bond donors (Lipinski definition) is 1. The molecule has 0 aromatic heterocycles. The van der Waals surface area contributed by atoms with Gasteiger partial charge in [0.15, 0.2) is 5.96 Å². The van der Waals surface area contributed by atoms with Gasteiger partial charge in [-0.15, -0.1) is 0 Å². The van der Waals surface area contributed by atoms with E-state index in [4.69, 9.17) is 14.2 Å². The zero-order valence-electron chi connectivity index (χ0n) is 19.0.